The number of hydrogen-bond acceptors (Lipinski definition) is 6. The summed E-state index contributed by atoms with van der Waals surface area (Å²) in [6.07, 6.45) is 1.36. The van der Waals surface area contributed by atoms with Crippen molar-refractivity contribution in [3.05, 3.63) is 58.9 Å². The van der Waals surface area contributed by atoms with Gasteiger partial charge in [0.1, 0.15) is 5.69 Å². The molecule has 0 spiro atoms. The molecule has 2 heterocycles. The number of nitrogens with zero attached hydrogens (tertiary/aromatic N) is 1. The van der Waals surface area contributed by atoms with Gasteiger partial charge in [0.15, 0.2) is 12.1 Å². The van der Waals surface area contributed by atoms with Gasteiger partial charge in [0.2, 0.25) is 0 Å². The van der Waals surface area contributed by atoms with Gasteiger partial charge in [-0.15, -0.1) is 0 Å². The van der Waals surface area contributed by atoms with Gasteiger partial charge in [0.25, 0.3) is 0 Å². The summed E-state index contributed by atoms with van der Waals surface area (Å²) in [7, 11) is 2.66. The molecule has 3 rings (SSSR count). The van der Waals surface area contributed by atoms with Gasteiger partial charge >= 0.3 is 7.12 Å². The molecule has 0 saturated carbocycles. The van der Waals surface area contributed by atoms with E-state index in [2.05, 4.69) is 4.98 Å². The molecule has 0 radical (unpaired) electrons. The first-order valence-electron chi connectivity index (χ1n) is 10.1. The molecular formula is C23H30BNO5. The number of ether oxygens (including phenoxy) is 2. The van der Waals surface area contributed by atoms with Crippen molar-refractivity contribution in [2.45, 2.75) is 58.5 Å². The van der Waals surface area contributed by atoms with E-state index in [0.29, 0.717) is 5.69 Å². The number of pyridine rings is 1. The van der Waals surface area contributed by atoms with Crippen molar-refractivity contribution in [1.82, 2.24) is 4.98 Å². The van der Waals surface area contributed by atoms with Gasteiger partial charge in [0, 0.05) is 32.4 Å². The summed E-state index contributed by atoms with van der Waals surface area (Å²) in [4.78, 5) is 17.1. The van der Waals surface area contributed by atoms with Crippen molar-refractivity contribution in [1.29, 1.82) is 0 Å². The third kappa shape index (κ3) is 4.35. The van der Waals surface area contributed by atoms with Crippen molar-refractivity contribution in [2.24, 2.45) is 0 Å². The smallest absolute Gasteiger partial charge is 0.399 e. The van der Waals surface area contributed by atoms with Crippen LogP contribution in [0.1, 0.15) is 61.2 Å². The molecule has 0 amide bonds. The summed E-state index contributed by atoms with van der Waals surface area (Å²) in [6, 6.07) is 9.40. The SMILES string of the molecule is COC(OC)c1ccc(C(=O)Cc2cccc(B3OC(C)(C)C(C)(C)O3)c2C)nc1. The molecule has 0 unspecified atom stereocenters. The number of methoxy groups -OCH3 is 2. The van der Waals surface area contributed by atoms with Crippen molar-refractivity contribution in [2.75, 3.05) is 14.2 Å². The van der Waals surface area contributed by atoms with Crippen LogP contribution in [0, 0.1) is 6.92 Å². The number of carbonyl (C=O) groups excluding carboxylic acids is 1. The van der Waals surface area contributed by atoms with Gasteiger partial charge < -0.3 is 18.8 Å². The van der Waals surface area contributed by atoms with Gasteiger partial charge in [-0.1, -0.05) is 24.3 Å². The molecule has 0 aliphatic carbocycles. The zero-order valence-electron chi connectivity index (χ0n) is 18.8. The quantitative estimate of drug-likeness (QED) is 0.395. The number of rotatable bonds is 7. The van der Waals surface area contributed by atoms with Crippen LogP contribution in [0.2, 0.25) is 0 Å². The Morgan fingerprint density at radius 3 is 2.23 bits per heavy atom. The Bertz CT molecular complexity index is 890. The first-order valence-corrected chi connectivity index (χ1v) is 10.1. The fraction of sp³-hybridized carbons (Fsp3) is 0.478. The molecule has 0 N–H and O–H groups in total. The Balaban J connectivity index is 1.78. The van der Waals surface area contributed by atoms with Gasteiger partial charge in [-0.3, -0.25) is 9.78 Å². The number of carbonyl (C=O) groups is 1. The fourth-order valence-corrected chi connectivity index (χ4v) is 3.46. The molecule has 0 bridgehead atoms. The lowest BCUT2D eigenvalue weighted by molar-refractivity contribution is -0.106. The van der Waals surface area contributed by atoms with Gasteiger partial charge in [-0.25, -0.2) is 0 Å². The minimum atomic E-state index is -0.500. The molecule has 1 saturated heterocycles. The van der Waals surface area contributed by atoms with Crippen LogP contribution in [0.5, 0.6) is 0 Å². The van der Waals surface area contributed by atoms with Crippen LogP contribution in [-0.4, -0.2) is 43.3 Å². The second-order valence-electron chi connectivity index (χ2n) is 8.60. The molecular weight excluding hydrogens is 381 g/mol. The highest BCUT2D eigenvalue weighted by atomic mass is 16.7. The summed E-state index contributed by atoms with van der Waals surface area (Å²) in [5.41, 5.74) is 3.23. The second-order valence-corrected chi connectivity index (χ2v) is 8.60. The first kappa shape index (κ1) is 22.6. The van der Waals surface area contributed by atoms with E-state index in [0.717, 1.165) is 22.2 Å². The van der Waals surface area contributed by atoms with Crippen molar-refractivity contribution < 1.29 is 23.6 Å². The lowest BCUT2D eigenvalue weighted by Gasteiger charge is -2.32. The molecule has 1 aliphatic rings. The van der Waals surface area contributed by atoms with Crippen LogP contribution in [0.15, 0.2) is 36.5 Å². The fourth-order valence-electron chi connectivity index (χ4n) is 3.46. The molecule has 160 valence electrons. The minimum Gasteiger partial charge on any atom is -0.399 e. The van der Waals surface area contributed by atoms with E-state index < -0.39 is 24.6 Å². The molecule has 7 heteroatoms. The van der Waals surface area contributed by atoms with Crippen molar-refractivity contribution in [3.8, 4) is 0 Å². The van der Waals surface area contributed by atoms with Gasteiger partial charge in [0.05, 0.1) is 11.2 Å². The van der Waals surface area contributed by atoms with Crippen LogP contribution in [0.3, 0.4) is 0 Å². The molecule has 0 atom stereocenters. The van der Waals surface area contributed by atoms with Crippen LogP contribution in [-0.2, 0) is 25.2 Å². The maximum absolute atomic E-state index is 12.8. The van der Waals surface area contributed by atoms with Gasteiger partial charge in [-0.2, -0.15) is 0 Å². The average Bonchev–Trinajstić information content (AvgIpc) is 2.92. The molecule has 1 aromatic heterocycles. The van der Waals surface area contributed by atoms with Crippen LogP contribution in [0.25, 0.3) is 0 Å². The van der Waals surface area contributed by atoms with E-state index in [1.807, 2.05) is 52.8 Å². The lowest BCUT2D eigenvalue weighted by atomic mass is 9.74. The lowest BCUT2D eigenvalue weighted by Crippen LogP contribution is -2.41. The van der Waals surface area contributed by atoms with E-state index in [1.165, 1.54) is 0 Å². The Hall–Kier alpha value is -2.06. The molecule has 1 fully saturated rings. The number of ketones is 1. The standard InChI is InChI=1S/C23H30BNO5/c1-15-16(9-8-10-18(15)24-29-22(2,3)23(4,5)30-24)13-20(26)19-12-11-17(14-25-19)21(27-6)28-7/h8-12,14,21H,13H2,1-7H3. The Kier molecular flexibility index (Phi) is 6.48. The van der Waals surface area contributed by atoms with Crippen LogP contribution < -0.4 is 5.46 Å². The Morgan fingerprint density at radius 2 is 1.70 bits per heavy atom. The molecule has 2 aromatic rings. The molecule has 1 aliphatic heterocycles. The molecule has 30 heavy (non-hydrogen) atoms. The van der Waals surface area contributed by atoms with E-state index >= 15 is 0 Å². The Morgan fingerprint density at radius 1 is 1.07 bits per heavy atom. The number of Topliss-reactive ketones (excluding diaryl/α,β-unsaturated/α-hetero) is 1. The topological polar surface area (TPSA) is 66.9 Å². The highest BCUT2D eigenvalue weighted by Crippen LogP contribution is 2.36. The molecule has 6 nitrogen and oxygen atoms in total. The van der Waals surface area contributed by atoms with Crippen molar-refractivity contribution in [3.63, 3.8) is 0 Å². The van der Waals surface area contributed by atoms with Gasteiger partial charge in [-0.05, 0) is 57.3 Å². The molecule has 1 aromatic carbocycles. The number of benzene rings is 1. The third-order valence-corrected chi connectivity index (χ3v) is 6.12. The monoisotopic (exact) mass is 411 g/mol. The van der Waals surface area contributed by atoms with Crippen LogP contribution >= 0.6 is 0 Å². The summed E-state index contributed by atoms with van der Waals surface area (Å²) < 4.78 is 22.8. The zero-order chi connectivity index (χ0) is 22.1. The third-order valence-electron chi connectivity index (χ3n) is 6.12. The maximum atomic E-state index is 12.8. The predicted molar refractivity (Wildman–Crippen MR) is 116 cm³/mol. The number of aromatic nitrogens is 1. The van der Waals surface area contributed by atoms with E-state index in [4.69, 9.17) is 18.8 Å². The van der Waals surface area contributed by atoms with E-state index in [9.17, 15) is 4.79 Å². The van der Waals surface area contributed by atoms with Crippen LogP contribution in [0.4, 0.5) is 0 Å². The summed E-state index contributed by atoms with van der Waals surface area (Å²) in [5, 5.41) is 0. The van der Waals surface area contributed by atoms with Crippen molar-refractivity contribution >= 4 is 18.4 Å². The number of hydrogen-bond donors (Lipinski definition) is 0. The van der Waals surface area contributed by atoms with E-state index in [-0.39, 0.29) is 12.2 Å². The van der Waals surface area contributed by atoms with E-state index in [1.54, 1.807) is 32.5 Å². The highest BCUT2D eigenvalue weighted by Gasteiger charge is 2.52. The predicted octanol–water partition coefficient (Wildman–Crippen LogP) is 3.41. The largest absolute Gasteiger partial charge is 0.495 e. The zero-order valence-corrected chi connectivity index (χ0v) is 18.8. The average molecular weight is 411 g/mol. The minimum absolute atomic E-state index is 0.0536. The second kappa shape index (κ2) is 8.59. The summed E-state index contributed by atoms with van der Waals surface area (Å²) in [5.74, 6) is -0.0536. The summed E-state index contributed by atoms with van der Waals surface area (Å²) >= 11 is 0. The normalized spacial score (nSPS) is 17.5. The Labute approximate surface area is 179 Å². The first-order chi connectivity index (χ1) is 14.1. The highest BCUT2D eigenvalue weighted by molar-refractivity contribution is 6.62. The maximum Gasteiger partial charge on any atom is 0.495 e. The summed E-state index contributed by atoms with van der Waals surface area (Å²) in [6.45, 7) is 10.1.